The molecular weight excluding hydrogens is 288 g/mol. The molecule has 128 valence electrons. The van der Waals surface area contributed by atoms with Crippen molar-refractivity contribution in [3.63, 3.8) is 0 Å². The van der Waals surface area contributed by atoms with Gasteiger partial charge in [0.1, 0.15) is 0 Å². The van der Waals surface area contributed by atoms with Gasteiger partial charge in [-0.25, -0.2) is 4.79 Å². The molecule has 0 saturated carbocycles. The standard InChI is InChI=1S/C20H30O3/c1-2-3-4-5-6-7-8-9-10-11-12-13-14-15-16-18-17-19(21)23-20(18)22/h6-7,9-10,12-13,17,20,22H,2-5,8,11,14-16H2,1H3/b7-6-,10-9-,13-12-. The Hall–Kier alpha value is -1.61. The normalized spacial score (nSPS) is 18.4. The summed E-state index contributed by atoms with van der Waals surface area (Å²) in [5, 5.41) is 9.42. The number of unbranched alkanes of at least 4 members (excludes halogenated alkanes) is 4. The SMILES string of the molecule is CCCCC/C=C\C/C=C\C/C=C\CCCC1=CC(=O)OC1O. The number of ether oxygens (including phenoxy) is 1. The summed E-state index contributed by atoms with van der Waals surface area (Å²) in [6.07, 6.45) is 23.2. The Labute approximate surface area is 140 Å². The van der Waals surface area contributed by atoms with Crippen LogP contribution in [0.4, 0.5) is 0 Å². The zero-order valence-corrected chi connectivity index (χ0v) is 14.2. The van der Waals surface area contributed by atoms with Crippen LogP contribution in [0, 0.1) is 0 Å². The molecule has 1 aliphatic heterocycles. The minimum Gasteiger partial charge on any atom is -0.429 e. The summed E-state index contributed by atoms with van der Waals surface area (Å²) in [6, 6.07) is 0. The Kier molecular flexibility index (Phi) is 10.9. The second kappa shape index (κ2) is 12.9. The fraction of sp³-hybridized carbons (Fsp3) is 0.550. The Morgan fingerprint density at radius 2 is 1.61 bits per heavy atom. The van der Waals surface area contributed by atoms with Crippen LogP contribution in [0.25, 0.3) is 0 Å². The topological polar surface area (TPSA) is 46.5 Å². The van der Waals surface area contributed by atoms with Crippen LogP contribution in [-0.4, -0.2) is 17.4 Å². The van der Waals surface area contributed by atoms with Gasteiger partial charge in [-0.3, -0.25) is 0 Å². The van der Waals surface area contributed by atoms with Crippen LogP contribution in [0.5, 0.6) is 0 Å². The number of rotatable bonds is 12. The molecule has 0 aromatic carbocycles. The minimum absolute atomic E-state index is 0.437. The predicted molar refractivity (Wildman–Crippen MR) is 94.8 cm³/mol. The number of esters is 1. The quantitative estimate of drug-likeness (QED) is 0.313. The third-order valence-corrected chi connectivity index (χ3v) is 3.70. The number of allylic oxidation sites excluding steroid dienone is 6. The molecule has 1 aliphatic rings. The van der Waals surface area contributed by atoms with Crippen LogP contribution < -0.4 is 0 Å². The average molecular weight is 318 g/mol. The molecule has 3 nitrogen and oxygen atoms in total. The van der Waals surface area contributed by atoms with Gasteiger partial charge in [0.05, 0.1) is 0 Å². The molecule has 23 heavy (non-hydrogen) atoms. The van der Waals surface area contributed by atoms with E-state index in [1.54, 1.807) is 0 Å². The van der Waals surface area contributed by atoms with Crippen molar-refractivity contribution in [2.24, 2.45) is 0 Å². The first kappa shape index (κ1) is 19.4. The lowest BCUT2D eigenvalue weighted by molar-refractivity contribution is -0.151. The fourth-order valence-corrected chi connectivity index (χ4v) is 2.35. The molecule has 0 aromatic rings. The molecule has 0 saturated heterocycles. The van der Waals surface area contributed by atoms with Gasteiger partial charge < -0.3 is 9.84 Å². The summed E-state index contributed by atoms with van der Waals surface area (Å²) in [6.45, 7) is 2.23. The number of carbonyl (C=O) groups is 1. The molecule has 1 heterocycles. The summed E-state index contributed by atoms with van der Waals surface area (Å²) in [7, 11) is 0. The minimum atomic E-state index is -1.02. The van der Waals surface area contributed by atoms with Crippen molar-refractivity contribution >= 4 is 5.97 Å². The van der Waals surface area contributed by atoms with E-state index < -0.39 is 12.3 Å². The van der Waals surface area contributed by atoms with Crippen molar-refractivity contribution < 1.29 is 14.6 Å². The van der Waals surface area contributed by atoms with Crippen LogP contribution in [0.1, 0.15) is 64.7 Å². The highest BCUT2D eigenvalue weighted by molar-refractivity contribution is 5.85. The van der Waals surface area contributed by atoms with E-state index in [1.807, 2.05) is 0 Å². The lowest BCUT2D eigenvalue weighted by atomic mass is 10.1. The van der Waals surface area contributed by atoms with Gasteiger partial charge in [0.25, 0.3) is 0 Å². The fourth-order valence-electron chi connectivity index (χ4n) is 2.35. The number of aliphatic hydroxyl groups is 1. The molecule has 0 aliphatic carbocycles. The van der Waals surface area contributed by atoms with E-state index in [-0.39, 0.29) is 0 Å². The number of hydrogen-bond donors (Lipinski definition) is 1. The zero-order valence-electron chi connectivity index (χ0n) is 14.2. The van der Waals surface area contributed by atoms with E-state index in [4.69, 9.17) is 0 Å². The molecule has 0 fully saturated rings. The first-order valence-corrected chi connectivity index (χ1v) is 8.78. The van der Waals surface area contributed by atoms with Crippen molar-refractivity contribution in [3.05, 3.63) is 48.1 Å². The van der Waals surface area contributed by atoms with E-state index in [2.05, 4.69) is 48.1 Å². The molecule has 1 atom stereocenters. The Morgan fingerprint density at radius 3 is 2.17 bits per heavy atom. The lowest BCUT2D eigenvalue weighted by Gasteiger charge is -2.05. The van der Waals surface area contributed by atoms with Crippen LogP contribution >= 0.6 is 0 Å². The maximum Gasteiger partial charge on any atom is 0.333 e. The third-order valence-electron chi connectivity index (χ3n) is 3.70. The van der Waals surface area contributed by atoms with Gasteiger partial charge in [0.15, 0.2) is 0 Å². The maximum atomic E-state index is 10.9. The van der Waals surface area contributed by atoms with Gasteiger partial charge in [0.2, 0.25) is 6.29 Å². The highest BCUT2D eigenvalue weighted by atomic mass is 16.6. The van der Waals surface area contributed by atoms with Gasteiger partial charge in [-0.05, 0) is 44.9 Å². The lowest BCUT2D eigenvalue weighted by Crippen LogP contribution is -2.09. The van der Waals surface area contributed by atoms with Gasteiger partial charge >= 0.3 is 5.97 Å². The van der Waals surface area contributed by atoms with Crippen molar-refractivity contribution in [1.29, 1.82) is 0 Å². The van der Waals surface area contributed by atoms with E-state index in [0.29, 0.717) is 12.0 Å². The first-order valence-electron chi connectivity index (χ1n) is 8.78. The van der Waals surface area contributed by atoms with Crippen molar-refractivity contribution in [3.8, 4) is 0 Å². The molecule has 0 bridgehead atoms. The van der Waals surface area contributed by atoms with Crippen LogP contribution in [0.3, 0.4) is 0 Å². The summed E-state index contributed by atoms with van der Waals surface area (Å²) in [4.78, 5) is 10.9. The molecule has 1 N–H and O–H groups in total. The van der Waals surface area contributed by atoms with Crippen molar-refractivity contribution in [1.82, 2.24) is 0 Å². The van der Waals surface area contributed by atoms with Crippen LogP contribution in [0.2, 0.25) is 0 Å². The molecule has 0 amide bonds. The first-order chi connectivity index (χ1) is 11.2. The highest BCUT2D eigenvalue weighted by Gasteiger charge is 2.22. The molecule has 0 radical (unpaired) electrons. The number of aliphatic hydroxyl groups excluding tert-OH is 1. The van der Waals surface area contributed by atoms with Gasteiger partial charge in [-0.15, -0.1) is 0 Å². The number of hydrogen-bond acceptors (Lipinski definition) is 3. The van der Waals surface area contributed by atoms with Crippen LogP contribution in [0.15, 0.2) is 48.1 Å². The largest absolute Gasteiger partial charge is 0.429 e. The Bertz CT molecular complexity index is 444. The van der Waals surface area contributed by atoms with Gasteiger partial charge in [0, 0.05) is 11.6 Å². The van der Waals surface area contributed by atoms with E-state index >= 15 is 0 Å². The summed E-state index contributed by atoms with van der Waals surface area (Å²) < 4.78 is 4.63. The predicted octanol–water partition coefficient (Wildman–Crippen LogP) is 4.99. The third kappa shape index (κ3) is 9.90. The van der Waals surface area contributed by atoms with E-state index in [1.165, 1.54) is 31.8 Å². The number of cyclic esters (lactones) is 1. The summed E-state index contributed by atoms with van der Waals surface area (Å²) in [5.41, 5.74) is 0.689. The monoisotopic (exact) mass is 318 g/mol. The Morgan fingerprint density at radius 1 is 1.00 bits per heavy atom. The second-order valence-electron chi connectivity index (χ2n) is 5.78. The van der Waals surface area contributed by atoms with Gasteiger partial charge in [-0.2, -0.15) is 0 Å². The van der Waals surface area contributed by atoms with Crippen LogP contribution in [-0.2, 0) is 9.53 Å². The maximum absolute atomic E-state index is 10.9. The second-order valence-corrected chi connectivity index (χ2v) is 5.78. The smallest absolute Gasteiger partial charge is 0.333 e. The molecule has 1 rings (SSSR count). The van der Waals surface area contributed by atoms with Gasteiger partial charge in [-0.1, -0.05) is 56.2 Å². The summed E-state index contributed by atoms with van der Waals surface area (Å²) >= 11 is 0. The van der Waals surface area contributed by atoms with Crippen molar-refractivity contribution in [2.45, 2.75) is 71.0 Å². The molecule has 0 aromatic heterocycles. The summed E-state index contributed by atoms with van der Waals surface area (Å²) in [5.74, 6) is -0.437. The Balaban J connectivity index is 1.97. The average Bonchev–Trinajstić information content (AvgIpc) is 2.85. The van der Waals surface area contributed by atoms with E-state index in [0.717, 1.165) is 25.7 Å². The van der Waals surface area contributed by atoms with E-state index in [9.17, 15) is 9.90 Å². The molecule has 3 heteroatoms. The number of carbonyl (C=O) groups excluding carboxylic acids is 1. The zero-order chi connectivity index (χ0) is 16.8. The molecule has 0 spiro atoms. The molecular formula is C20H30O3. The van der Waals surface area contributed by atoms with Crippen molar-refractivity contribution in [2.75, 3.05) is 0 Å². The molecule has 1 unspecified atom stereocenters. The highest BCUT2D eigenvalue weighted by Crippen LogP contribution is 2.19.